The van der Waals surface area contributed by atoms with Crippen LogP contribution in [0.1, 0.15) is 47.9 Å². The van der Waals surface area contributed by atoms with Gasteiger partial charge < -0.3 is 20.2 Å². The summed E-state index contributed by atoms with van der Waals surface area (Å²) < 4.78 is 0. The molecule has 0 aliphatic heterocycles. The normalized spacial score (nSPS) is 11.9. The highest BCUT2D eigenvalue weighted by Gasteiger charge is 2.23. The Balaban J connectivity index is 2.20. The summed E-state index contributed by atoms with van der Waals surface area (Å²) in [6.07, 6.45) is 3.54. The number of aromatic amines is 2. The Morgan fingerprint density at radius 1 is 1.04 bits per heavy atom. The van der Waals surface area contributed by atoms with E-state index >= 15 is 0 Å². The second-order valence-electron chi connectivity index (χ2n) is 6.97. The van der Waals surface area contributed by atoms with Crippen LogP contribution in [0.25, 0.3) is 0 Å². The van der Waals surface area contributed by atoms with Gasteiger partial charge in [-0.2, -0.15) is 0 Å². The summed E-state index contributed by atoms with van der Waals surface area (Å²) in [5.41, 5.74) is -0.850. The van der Waals surface area contributed by atoms with Gasteiger partial charge in [-0.05, 0) is 43.5 Å². The summed E-state index contributed by atoms with van der Waals surface area (Å²) in [6.45, 7) is 6.44. The molecular weight excluding hydrogens is 360 g/mol. The summed E-state index contributed by atoms with van der Waals surface area (Å²) in [6, 6.07) is 5.74. The topological polar surface area (TPSA) is 115 Å². The number of carbonyl (C=O) groups is 2. The number of nitrogens with zero attached hydrogens (tertiary/aromatic N) is 1. The third-order valence-electron chi connectivity index (χ3n) is 4.31. The molecule has 0 fully saturated rings. The van der Waals surface area contributed by atoms with Crippen molar-refractivity contribution in [1.29, 1.82) is 0 Å². The average Bonchev–Trinajstić information content (AvgIpc) is 2.65. The maximum Gasteiger partial charge on any atom is 0.260 e. The zero-order valence-electron chi connectivity index (χ0n) is 16.3. The lowest BCUT2D eigenvalue weighted by Crippen LogP contribution is -2.48. The van der Waals surface area contributed by atoms with E-state index in [-0.39, 0.29) is 29.6 Å². The standard InChI is InChI=1S/C20H26N4O4/c1-4-24(20(28)16-8-6-10-22-18(16)26)12-14(11-13(2)3)23-19(27)15-7-5-9-21-17(15)25/h5-10,13-14H,4,11-12H2,1-3H3,(H,21,25)(H,22,26)(H,23,27)/t14-/m0/s1. The van der Waals surface area contributed by atoms with Gasteiger partial charge in [-0.3, -0.25) is 19.2 Å². The summed E-state index contributed by atoms with van der Waals surface area (Å²) in [5.74, 6) is -0.633. The molecule has 8 heteroatoms. The summed E-state index contributed by atoms with van der Waals surface area (Å²) >= 11 is 0. The molecule has 2 amide bonds. The van der Waals surface area contributed by atoms with Crippen LogP contribution in [0.4, 0.5) is 0 Å². The van der Waals surface area contributed by atoms with Crippen LogP contribution in [-0.2, 0) is 0 Å². The van der Waals surface area contributed by atoms with Crippen molar-refractivity contribution in [1.82, 2.24) is 20.2 Å². The second-order valence-corrected chi connectivity index (χ2v) is 6.97. The quantitative estimate of drug-likeness (QED) is 0.635. The largest absolute Gasteiger partial charge is 0.347 e. The Morgan fingerprint density at radius 2 is 1.61 bits per heavy atom. The van der Waals surface area contributed by atoms with Crippen molar-refractivity contribution >= 4 is 11.8 Å². The summed E-state index contributed by atoms with van der Waals surface area (Å²) in [5, 5.41) is 2.85. The highest BCUT2D eigenvalue weighted by molar-refractivity contribution is 5.95. The lowest BCUT2D eigenvalue weighted by atomic mass is 10.0. The first-order valence-electron chi connectivity index (χ1n) is 9.29. The van der Waals surface area contributed by atoms with Crippen LogP contribution in [0.3, 0.4) is 0 Å². The number of carbonyl (C=O) groups excluding carboxylic acids is 2. The van der Waals surface area contributed by atoms with E-state index in [0.717, 1.165) is 0 Å². The molecule has 2 heterocycles. The maximum atomic E-state index is 12.8. The van der Waals surface area contributed by atoms with Gasteiger partial charge in [0.25, 0.3) is 22.9 Å². The van der Waals surface area contributed by atoms with Crippen LogP contribution in [0, 0.1) is 5.92 Å². The van der Waals surface area contributed by atoms with E-state index in [1.165, 1.54) is 29.4 Å². The Hall–Kier alpha value is -3.16. The molecule has 28 heavy (non-hydrogen) atoms. The van der Waals surface area contributed by atoms with Gasteiger partial charge >= 0.3 is 0 Å². The number of nitrogens with one attached hydrogen (secondary N) is 3. The molecule has 3 N–H and O–H groups in total. The molecule has 2 rings (SSSR count). The number of H-pyrrole nitrogens is 2. The van der Waals surface area contributed by atoms with Gasteiger partial charge in [0.05, 0.1) is 0 Å². The van der Waals surface area contributed by atoms with Gasteiger partial charge in [0.1, 0.15) is 11.1 Å². The van der Waals surface area contributed by atoms with Crippen molar-refractivity contribution in [3.63, 3.8) is 0 Å². The molecule has 0 aliphatic carbocycles. The van der Waals surface area contributed by atoms with Crippen molar-refractivity contribution in [3.05, 3.63) is 68.5 Å². The minimum Gasteiger partial charge on any atom is -0.347 e. The minimum atomic E-state index is -0.492. The second kappa shape index (κ2) is 9.68. The molecule has 0 saturated heterocycles. The lowest BCUT2D eigenvalue weighted by molar-refractivity contribution is 0.0724. The number of likely N-dealkylation sites (N-methyl/N-ethyl adjacent to an activating group) is 1. The molecule has 0 radical (unpaired) electrons. The van der Waals surface area contributed by atoms with E-state index in [0.29, 0.717) is 13.0 Å². The third-order valence-corrected chi connectivity index (χ3v) is 4.31. The van der Waals surface area contributed by atoms with Gasteiger partial charge in [-0.1, -0.05) is 13.8 Å². The predicted molar refractivity (Wildman–Crippen MR) is 106 cm³/mol. The SMILES string of the molecule is CCN(C[C@H](CC(C)C)NC(=O)c1ccc[nH]c1=O)C(=O)c1ccc[nH]c1=O. The Kier molecular flexibility index (Phi) is 7.31. The van der Waals surface area contributed by atoms with Crippen molar-refractivity contribution in [2.75, 3.05) is 13.1 Å². The molecule has 0 unspecified atom stereocenters. The maximum absolute atomic E-state index is 12.8. The molecule has 0 spiro atoms. The molecule has 8 nitrogen and oxygen atoms in total. The molecule has 2 aromatic rings. The molecule has 0 bridgehead atoms. The van der Waals surface area contributed by atoms with Crippen molar-refractivity contribution < 1.29 is 9.59 Å². The molecule has 0 aromatic carbocycles. The smallest absolute Gasteiger partial charge is 0.260 e. The van der Waals surface area contributed by atoms with Crippen LogP contribution < -0.4 is 16.4 Å². The molecular formula is C20H26N4O4. The fourth-order valence-electron chi connectivity index (χ4n) is 2.99. The number of pyridine rings is 2. The fourth-order valence-corrected chi connectivity index (χ4v) is 2.99. The van der Waals surface area contributed by atoms with Crippen molar-refractivity contribution in [3.8, 4) is 0 Å². The minimum absolute atomic E-state index is 0.0186. The van der Waals surface area contributed by atoms with Crippen LogP contribution in [-0.4, -0.2) is 45.8 Å². The first kappa shape index (κ1) is 21.1. The van der Waals surface area contributed by atoms with Gasteiger partial charge in [-0.15, -0.1) is 0 Å². The van der Waals surface area contributed by atoms with E-state index < -0.39 is 22.9 Å². The number of hydrogen-bond donors (Lipinski definition) is 3. The van der Waals surface area contributed by atoms with Gasteiger partial charge in [-0.25, -0.2) is 0 Å². The fraction of sp³-hybridized carbons (Fsp3) is 0.400. The highest BCUT2D eigenvalue weighted by atomic mass is 16.2. The van der Waals surface area contributed by atoms with Crippen molar-refractivity contribution in [2.45, 2.75) is 33.2 Å². The van der Waals surface area contributed by atoms with Crippen LogP contribution in [0.15, 0.2) is 46.2 Å². The molecule has 0 saturated carbocycles. The Morgan fingerprint density at radius 3 is 2.11 bits per heavy atom. The average molecular weight is 386 g/mol. The first-order chi connectivity index (χ1) is 13.3. The van der Waals surface area contributed by atoms with E-state index in [1.807, 2.05) is 20.8 Å². The molecule has 0 aliphatic rings. The monoisotopic (exact) mass is 386 g/mol. The van der Waals surface area contributed by atoms with Gasteiger partial charge in [0.15, 0.2) is 0 Å². The van der Waals surface area contributed by atoms with Gasteiger partial charge in [0, 0.05) is 31.5 Å². The summed E-state index contributed by atoms with van der Waals surface area (Å²) in [7, 11) is 0. The zero-order valence-corrected chi connectivity index (χ0v) is 16.3. The first-order valence-corrected chi connectivity index (χ1v) is 9.29. The molecule has 1 atom stereocenters. The van der Waals surface area contributed by atoms with Crippen LogP contribution >= 0.6 is 0 Å². The van der Waals surface area contributed by atoms with Crippen molar-refractivity contribution in [2.24, 2.45) is 5.92 Å². The molecule has 150 valence electrons. The van der Waals surface area contributed by atoms with Crippen LogP contribution in [0.2, 0.25) is 0 Å². The Labute approximate surface area is 163 Å². The highest BCUT2D eigenvalue weighted by Crippen LogP contribution is 2.09. The molecule has 2 aromatic heterocycles. The van der Waals surface area contributed by atoms with E-state index in [1.54, 1.807) is 12.1 Å². The Bertz CT molecular complexity index is 932. The lowest BCUT2D eigenvalue weighted by Gasteiger charge is -2.28. The van der Waals surface area contributed by atoms with Gasteiger partial charge in [0.2, 0.25) is 0 Å². The third kappa shape index (κ3) is 5.42. The zero-order chi connectivity index (χ0) is 20.7. The summed E-state index contributed by atoms with van der Waals surface area (Å²) in [4.78, 5) is 55.6. The number of amides is 2. The predicted octanol–water partition coefficient (Wildman–Crippen LogP) is 1.37. The van der Waals surface area contributed by atoms with Crippen LogP contribution in [0.5, 0.6) is 0 Å². The van der Waals surface area contributed by atoms with E-state index in [4.69, 9.17) is 0 Å². The van der Waals surface area contributed by atoms with E-state index in [9.17, 15) is 19.2 Å². The number of aromatic nitrogens is 2. The van der Waals surface area contributed by atoms with E-state index in [2.05, 4.69) is 15.3 Å². The number of rotatable bonds is 8. The number of hydrogen-bond acceptors (Lipinski definition) is 4.